The van der Waals surface area contributed by atoms with Crippen molar-refractivity contribution in [1.29, 1.82) is 0 Å². The van der Waals surface area contributed by atoms with E-state index >= 15 is 0 Å². The van der Waals surface area contributed by atoms with Crippen LogP contribution in [0.4, 0.5) is 31.5 Å². The summed E-state index contributed by atoms with van der Waals surface area (Å²) in [5, 5.41) is 0. The fraction of sp³-hybridized carbons (Fsp3) is 0.0526. The highest BCUT2D eigenvalue weighted by Gasteiger charge is 2.05. The molecule has 0 spiro atoms. The molecular formula is C19H20F2N4. The average Bonchev–Trinajstić information content (AvgIpc) is 2.58. The Hall–Kier alpha value is -3.28. The van der Waals surface area contributed by atoms with E-state index in [0.29, 0.717) is 11.1 Å². The molecule has 0 aromatic heterocycles. The predicted molar refractivity (Wildman–Crippen MR) is 101 cm³/mol. The third kappa shape index (κ3) is 4.38. The molecular weight excluding hydrogens is 322 g/mol. The molecule has 0 saturated heterocycles. The minimum atomic E-state index is -0.519. The van der Waals surface area contributed by atoms with E-state index in [0.717, 1.165) is 16.9 Å². The van der Waals surface area contributed by atoms with Crippen molar-refractivity contribution in [3.63, 3.8) is 0 Å². The van der Waals surface area contributed by atoms with E-state index in [1.54, 1.807) is 12.1 Å². The zero-order valence-corrected chi connectivity index (χ0v) is 13.8. The Morgan fingerprint density at radius 1 is 0.600 bits per heavy atom. The van der Waals surface area contributed by atoms with E-state index in [-0.39, 0.29) is 11.4 Å². The fourth-order valence-electron chi connectivity index (χ4n) is 2.09. The highest BCUT2D eigenvalue weighted by Crippen LogP contribution is 2.25. The van der Waals surface area contributed by atoms with Crippen molar-refractivity contribution in [3.8, 4) is 11.1 Å². The van der Waals surface area contributed by atoms with Gasteiger partial charge in [0.05, 0.1) is 11.4 Å². The van der Waals surface area contributed by atoms with Crippen LogP contribution in [0.15, 0.2) is 54.6 Å². The molecule has 3 rings (SSSR count). The van der Waals surface area contributed by atoms with Crippen LogP contribution < -0.4 is 22.9 Å². The van der Waals surface area contributed by atoms with Crippen LogP contribution in [0, 0.1) is 18.6 Å². The van der Waals surface area contributed by atoms with Crippen molar-refractivity contribution in [2.75, 3.05) is 22.9 Å². The Labute approximate surface area is 145 Å². The maximum atomic E-state index is 13.2. The van der Waals surface area contributed by atoms with E-state index in [9.17, 15) is 8.78 Å². The van der Waals surface area contributed by atoms with Crippen LogP contribution in [-0.2, 0) is 0 Å². The number of anilines is 4. The minimum absolute atomic E-state index is 0.0691. The van der Waals surface area contributed by atoms with Gasteiger partial charge in [-0.2, -0.15) is 0 Å². The molecule has 0 atom stereocenters. The molecule has 0 unspecified atom stereocenters. The maximum absolute atomic E-state index is 13.2. The third-order valence-corrected chi connectivity index (χ3v) is 3.75. The van der Waals surface area contributed by atoms with Gasteiger partial charge < -0.3 is 22.9 Å². The zero-order chi connectivity index (χ0) is 18.6. The van der Waals surface area contributed by atoms with Crippen LogP contribution in [0.3, 0.4) is 0 Å². The lowest BCUT2D eigenvalue weighted by Crippen LogP contribution is -1.94. The van der Waals surface area contributed by atoms with Gasteiger partial charge in [-0.3, -0.25) is 0 Å². The number of hydrogen-bond donors (Lipinski definition) is 4. The van der Waals surface area contributed by atoms with Gasteiger partial charge in [0, 0.05) is 11.4 Å². The van der Waals surface area contributed by atoms with Crippen LogP contribution in [0.1, 0.15) is 5.56 Å². The summed E-state index contributed by atoms with van der Waals surface area (Å²) in [6.45, 7) is 1.91. The summed E-state index contributed by atoms with van der Waals surface area (Å²) >= 11 is 0. The van der Waals surface area contributed by atoms with Gasteiger partial charge in [0.2, 0.25) is 0 Å². The second kappa shape index (κ2) is 7.53. The monoisotopic (exact) mass is 342 g/mol. The molecule has 0 aliphatic rings. The van der Waals surface area contributed by atoms with Crippen molar-refractivity contribution in [2.24, 2.45) is 0 Å². The first kappa shape index (κ1) is 18.1. The standard InChI is InChI=1S/C12H10F2N2.C7H10N2/c13-9-5-7(1-3-11(9)15)8-2-4-12(16)10(14)6-8;1-5-6(8)3-2-4-7(5)9/h1-6H,15-16H2;2-4H,8-9H2,1H3. The Balaban J connectivity index is 0.000000212. The Morgan fingerprint density at radius 2 is 1.00 bits per heavy atom. The summed E-state index contributed by atoms with van der Waals surface area (Å²) in [5.74, 6) is -1.04. The normalized spacial score (nSPS) is 10.0. The predicted octanol–water partition coefficient (Wildman–Crippen LogP) is 3.96. The van der Waals surface area contributed by atoms with Crippen LogP contribution in [0.5, 0.6) is 0 Å². The van der Waals surface area contributed by atoms with Crippen molar-refractivity contribution in [3.05, 3.63) is 71.8 Å². The molecule has 6 heteroatoms. The van der Waals surface area contributed by atoms with Gasteiger partial charge in [0.15, 0.2) is 0 Å². The molecule has 0 aliphatic heterocycles. The summed E-state index contributed by atoms with van der Waals surface area (Å²) < 4.78 is 26.4. The highest BCUT2D eigenvalue weighted by molar-refractivity contribution is 5.67. The second-order valence-corrected chi connectivity index (χ2v) is 5.53. The molecule has 0 bridgehead atoms. The molecule has 0 amide bonds. The largest absolute Gasteiger partial charge is 0.398 e. The summed E-state index contributed by atoms with van der Waals surface area (Å²) in [4.78, 5) is 0. The lowest BCUT2D eigenvalue weighted by molar-refractivity contribution is 0.631. The number of hydrogen-bond acceptors (Lipinski definition) is 4. The third-order valence-electron chi connectivity index (χ3n) is 3.75. The second-order valence-electron chi connectivity index (χ2n) is 5.53. The maximum Gasteiger partial charge on any atom is 0.146 e. The fourth-order valence-corrected chi connectivity index (χ4v) is 2.09. The lowest BCUT2D eigenvalue weighted by Gasteiger charge is -2.05. The van der Waals surface area contributed by atoms with Gasteiger partial charge in [-0.1, -0.05) is 18.2 Å². The smallest absolute Gasteiger partial charge is 0.146 e. The van der Waals surface area contributed by atoms with Crippen LogP contribution in [-0.4, -0.2) is 0 Å². The molecule has 25 heavy (non-hydrogen) atoms. The highest BCUT2D eigenvalue weighted by atomic mass is 19.1. The first-order chi connectivity index (χ1) is 11.8. The first-order valence-corrected chi connectivity index (χ1v) is 7.50. The van der Waals surface area contributed by atoms with Crippen molar-refractivity contribution in [1.82, 2.24) is 0 Å². The van der Waals surface area contributed by atoms with Gasteiger partial charge in [-0.25, -0.2) is 8.78 Å². The summed E-state index contributed by atoms with van der Waals surface area (Å²) in [6, 6.07) is 14.2. The minimum Gasteiger partial charge on any atom is -0.398 e. The van der Waals surface area contributed by atoms with Gasteiger partial charge >= 0.3 is 0 Å². The number of halogens is 2. The molecule has 0 heterocycles. The van der Waals surface area contributed by atoms with E-state index in [1.165, 1.54) is 24.3 Å². The average molecular weight is 342 g/mol. The zero-order valence-electron chi connectivity index (χ0n) is 13.8. The summed E-state index contributed by atoms with van der Waals surface area (Å²) in [6.07, 6.45) is 0. The summed E-state index contributed by atoms with van der Waals surface area (Å²) in [5.41, 5.74) is 25.5. The molecule has 4 nitrogen and oxygen atoms in total. The lowest BCUT2D eigenvalue weighted by atomic mass is 10.0. The van der Waals surface area contributed by atoms with E-state index < -0.39 is 11.6 Å². The molecule has 0 fully saturated rings. The van der Waals surface area contributed by atoms with E-state index in [2.05, 4.69) is 0 Å². The Kier molecular flexibility index (Phi) is 5.44. The van der Waals surface area contributed by atoms with Crippen LogP contribution >= 0.6 is 0 Å². The number of nitrogens with two attached hydrogens (primary N) is 4. The Morgan fingerprint density at radius 3 is 1.32 bits per heavy atom. The van der Waals surface area contributed by atoms with Gasteiger partial charge in [0.1, 0.15) is 11.6 Å². The molecule has 3 aromatic rings. The quantitative estimate of drug-likeness (QED) is 0.503. The van der Waals surface area contributed by atoms with Gasteiger partial charge in [-0.05, 0) is 60.0 Å². The van der Waals surface area contributed by atoms with E-state index in [4.69, 9.17) is 22.9 Å². The molecule has 130 valence electrons. The number of rotatable bonds is 1. The Bertz CT molecular complexity index is 825. The van der Waals surface area contributed by atoms with E-state index in [1.807, 2.05) is 25.1 Å². The first-order valence-electron chi connectivity index (χ1n) is 7.50. The molecule has 3 aromatic carbocycles. The SMILES string of the molecule is Cc1c(N)cccc1N.Nc1ccc(-c2ccc(N)c(F)c2)cc1F. The molecule has 8 N–H and O–H groups in total. The topological polar surface area (TPSA) is 104 Å². The van der Waals surface area contributed by atoms with Crippen LogP contribution in [0.25, 0.3) is 11.1 Å². The molecule has 0 saturated carbocycles. The number of nitrogen functional groups attached to an aromatic ring is 4. The molecule has 0 radical (unpaired) electrons. The van der Waals surface area contributed by atoms with Crippen molar-refractivity contribution in [2.45, 2.75) is 6.92 Å². The van der Waals surface area contributed by atoms with Crippen LogP contribution in [0.2, 0.25) is 0 Å². The number of benzene rings is 3. The van der Waals surface area contributed by atoms with Gasteiger partial charge in [-0.15, -0.1) is 0 Å². The summed E-state index contributed by atoms with van der Waals surface area (Å²) in [7, 11) is 0. The molecule has 0 aliphatic carbocycles. The van der Waals surface area contributed by atoms with Gasteiger partial charge in [0.25, 0.3) is 0 Å². The van der Waals surface area contributed by atoms with Crippen molar-refractivity contribution >= 4 is 22.7 Å². The van der Waals surface area contributed by atoms with Crippen molar-refractivity contribution < 1.29 is 8.78 Å².